The minimum absolute atomic E-state index is 0.117. The minimum atomic E-state index is -0.131. The molecule has 1 rings (SSSR count). The van der Waals surface area contributed by atoms with Crippen molar-refractivity contribution in [3.8, 4) is 0 Å². The van der Waals surface area contributed by atoms with Crippen molar-refractivity contribution in [2.75, 3.05) is 6.61 Å². The summed E-state index contributed by atoms with van der Waals surface area (Å²) in [7, 11) is 0. The molecule has 1 heterocycles. The van der Waals surface area contributed by atoms with Crippen LogP contribution >= 0.6 is 0 Å². The summed E-state index contributed by atoms with van der Waals surface area (Å²) in [5.74, 6) is 0.117. The lowest BCUT2D eigenvalue weighted by Crippen LogP contribution is -2.37. The maximum Gasteiger partial charge on any atom is 0.312 e. The number of cyclic esters (lactones) is 1. The number of hydrogen-bond acceptors (Lipinski definition) is 2. The number of hydrogen-bond donors (Lipinski definition) is 0. The molecule has 1 aliphatic rings. The Labute approximate surface area is 144 Å². The standard InChI is InChI=1S/C21H40O2/c1-3-5-7-9-11-13-16-21(18-15-19-23-20(21)22)17-14-12-10-8-6-4-2/h3-19H2,1-2H3. The molecule has 0 saturated carbocycles. The molecule has 2 heteroatoms. The number of carbonyl (C=O) groups excluding carboxylic acids is 1. The van der Waals surface area contributed by atoms with Gasteiger partial charge in [0.25, 0.3) is 0 Å². The predicted octanol–water partition coefficient (Wildman–Crippen LogP) is 6.81. The van der Waals surface area contributed by atoms with Gasteiger partial charge in [-0.05, 0) is 25.7 Å². The summed E-state index contributed by atoms with van der Waals surface area (Å²) in [6.07, 6.45) is 19.9. The van der Waals surface area contributed by atoms with E-state index >= 15 is 0 Å². The highest BCUT2D eigenvalue weighted by atomic mass is 16.5. The molecular weight excluding hydrogens is 284 g/mol. The van der Waals surface area contributed by atoms with Gasteiger partial charge in [-0.15, -0.1) is 0 Å². The highest BCUT2D eigenvalue weighted by Gasteiger charge is 2.40. The lowest BCUT2D eigenvalue weighted by Gasteiger charge is -2.35. The summed E-state index contributed by atoms with van der Waals surface area (Å²) < 4.78 is 5.45. The Bertz CT molecular complexity index is 282. The molecule has 0 unspecified atom stereocenters. The number of carbonyl (C=O) groups is 1. The van der Waals surface area contributed by atoms with Crippen LogP contribution in [0.15, 0.2) is 0 Å². The first-order chi connectivity index (χ1) is 11.2. The van der Waals surface area contributed by atoms with Crippen molar-refractivity contribution < 1.29 is 9.53 Å². The van der Waals surface area contributed by atoms with Crippen LogP contribution in [-0.2, 0) is 9.53 Å². The molecule has 23 heavy (non-hydrogen) atoms. The molecule has 1 fully saturated rings. The van der Waals surface area contributed by atoms with E-state index in [2.05, 4.69) is 13.8 Å². The van der Waals surface area contributed by atoms with E-state index in [0.29, 0.717) is 6.61 Å². The highest BCUT2D eigenvalue weighted by molar-refractivity contribution is 5.77. The third kappa shape index (κ3) is 8.22. The molecule has 0 radical (unpaired) electrons. The molecule has 0 bridgehead atoms. The Morgan fingerprint density at radius 3 is 1.74 bits per heavy atom. The van der Waals surface area contributed by atoms with Gasteiger partial charge in [0.15, 0.2) is 0 Å². The fourth-order valence-electron chi connectivity index (χ4n) is 3.90. The van der Waals surface area contributed by atoms with Crippen molar-refractivity contribution in [3.05, 3.63) is 0 Å². The molecule has 0 aromatic heterocycles. The van der Waals surface area contributed by atoms with E-state index in [9.17, 15) is 4.79 Å². The summed E-state index contributed by atoms with van der Waals surface area (Å²) in [5.41, 5.74) is -0.131. The second-order valence-electron chi connectivity index (χ2n) is 7.56. The predicted molar refractivity (Wildman–Crippen MR) is 98.6 cm³/mol. The van der Waals surface area contributed by atoms with Gasteiger partial charge in [-0.2, -0.15) is 0 Å². The number of unbranched alkanes of at least 4 members (excludes halogenated alkanes) is 10. The van der Waals surface area contributed by atoms with Gasteiger partial charge in [0.2, 0.25) is 0 Å². The maximum atomic E-state index is 12.4. The fraction of sp³-hybridized carbons (Fsp3) is 0.952. The van der Waals surface area contributed by atoms with Crippen LogP contribution in [0.2, 0.25) is 0 Å². The molecule has 136 valence electrons. The third-order valence-electron chi connectivity index (χ3n) is 5.48. The molecular formula is C21H40O2. The van der Waals surface area contributed by atoms with Crippen molar-refractivity contribution in [2.24, 2.45) is 5.41 Å². The van der Waals surface area contributed by atoms with Crippen LogP contribution in [-0.4, -0.2) is 12.6 Å². The zero-order valence-electron chi connectivity index (χ0n) is 15.8. The molecule has 0 aromatic carbocycles. The first kappa shape index (κ1) is 20.5. The second kappa shape index (κ2) is 12.8. The number of ether oxygens (including phenoxy) is 1. The van der Waals surface area contributed by atoms with Gasteiger partial charge in [-0.3, -0.25) is 4.79 Å². The second-order valence-corrected chi connectivity index (χ2v) is 7.56. The van der Waals surface area contributed by atoms with Crippen LogP contribution in [0.1, 0.15) is 117 Å². The Morgan fingerprint density at radius 2 is 1.26 bits per heavy atom. The number of esters is 1. The maximum absolute atomic E-state index is 12.4. The van der Waals surface area contributed by atoms with Crippen LogP contribution in [0.5, 0.6) is 0 Å². The van der Waals surface area contributed by atoms with E-state index in [0.717, 1.165) is 25.7 Å². The van der Waals surface area contributed by atoms with E-state index in [1.807, 2.05) is 0 Å². The number of rotatable bonds is 14. The van der Waals surface area contributed by atoms with E-state index in [-0.39, 0.29) is 11.4 Å². The average molecular weight is 325 g/mol. The highest BCUT2D eigenvalue weighted by Crippen LogP contribution is 2.40. The molecule has 0 atom stereocenters. The lowest BCUT2D eigenvalue weighted by atomic mass is 9.73. The van der Waals surface area contributed by atoms with Crippen molar-refractivity contribution >= 4 is 5.97 Å². The molecule has 0 spiro atoms. The molecule has 0 aromatic rings. The van der Waals surface area contributed by atoms with Gasteiger partial charge in [0.1, 0.15) is 0 Å². The first-order valence-electron chi connectivity index (χ1n) is 10.4. The summed E-state index contributed by atoms with van der Waals surface area (Å²) in [5, 5.41) is 0. The third-order valence-corrected chi connectivity index (χ3v) is 5.48. The van der Waals surface area contributed by atoms with Crippen LogP contribution in [0.3, 0.4) is 0 Å². The van der Waals surface area contributed by atoms with Gasteiger partial charge >= 0.3 is 5.97 Å². The van der Waals surface area contributed by atoms with Crippen molar-refractivity contribution in [1.82, 2.24) is 0 Å². The molecule has 1 saturated heterocycles. The Morgan fingerprint density at radius 1 is 0.783 bits per heavy atom. The van der Waals surface area contributed by atoms with Gasteiger partial charge in [0, 0.05) is 0 Å². The van der Waals surface area contributed by atoms with Gasteiger partial charge < -0.3 is 4.74 Å². The minimum Gasteiger partial charge on any atom is -0.465 e. The first-order valence-corrected chi connectivity index (χ1v) is 10.4. The fourth-order valence-corrected chi connectivity index (χ4v) is 3.90. The quantitative estimate of drug-likeness (QED) is 0.259. The Kier molecular flexibility index (Phi) is 11.5. The lowest BCUT2D eigenvalue weighted by molar-refractivity contribution is -0.163. The van der Waals surface area contributed by atoms with Gasteiger partial charge in [-0.25, -0.2) is 0 Å². The summed E-state index contributed by atoms with van der Waals surface area (Å²) in [4.78, 5) is 12.4. The SMILES string of the molecule is CCCCCCCCC1(CCCCCCCC)CCCOC1=O. The monoisotopic (exact) mass is 324 g/mol. The van der Waals surface area contributed by atoms with E-state index < -0.39 is 0 Å². The Hall–Kier alpha value is -0.530. The zero-order valence-corrected chi connectivity index (χ0v) is 15.8. The van der Waals surface area contributed by atoms with E-state index in [1.165, 1.54) is 77.0 Å². The van der Waals surface area contributed by atoms with E-state index in [1.54, 1.807) is 0 Å². The smallest absolute Gasteiger partial charge is 0.312 e. The van der Waals surface area contributed by atoms with Crippen LogP contribution < -0.4 is 0 Å². The van der Waals surface area contributed by atoms with Gasteiger partial charge in [-0.1, -0.05) is 90.9 Å². The molecule has 0 N–H and O–H groups in total. The average Bonchev–Trinajstić information content (AvgIpc) is 2.56. The molecule has 0 aliphatic carbocycles. The molecule has 2 nitrogen and oxygen atoms in total. The normalized spacial score (nSPS) is 17.2. The van der Waals surface area contributed by atoms with Crippen molar-refractivity contribution in [1.29, 1.82) is 0 Å². The van der Waals surface area contributed by atoms with Crippen molar-refractivity contribution in [3.63, 3.8) is 0 Å². The zero-order chi connectivity index (χ0) is 16.8. The summed E-state index contributed by atoms with van der Waals surface area (Å²) in [6, 6.07) is 0. The van der Waals surface area contributed by atoms with E-state index in [4.69, 9.17) is 4.74 Å². The topological polar surface area (TPSA) is 26.3 Å². The van der Waals surface area contributed by atoms with Crippen LogP contribution in [0.25, 0.3) is 0 Å². The summed E-state index contributed by atoms with van der Waals surface area (Å²) in [6.45, 7) is 5.16. The van der Waals surface area contributed by atoms with Gasteiger partial charge in [0.05, 0.1) is 12.0 Å². The van der Waals surface area contributed by atoms with Crippen molar-refractivity contribution in [2.45, 2.75) is 117 Å². The van der Waals surface area contributed by atoms with Crippen LogP contribution in [0.4, 0.5) is 0 Å². The largest absolute Gasteiger partial charge is 0.465 e. The Balaban J connectivity index is 2.30. The summed E-state index contributed by atoms with van der Waals surface area (Å²) >= 11 is 0. The van der Waals surface area contributed by atoms with Crippen LogP contribution in [0, 0.1) is 5.41 Å². The molecule has 1 aliphatic heterocycles. The molecule has 0 amide bonds.